The van der Waals surface area contributed by atoms with Crippen molar-refractivity contribution in [3.8, 4) is 5.75 Å². The van der Waals surface area contributed by atoms with Crippen LogP contribution in [0, 0.1) is 29.6 Å². The predicted octanol–water partition coefficient (Wildman–Crippen LogP) is 3.83. The number of carbonyl (C=O) groups excluding carboxylic acids is 12. The summed E-state index contributed by atoms with van der Waals surface area (Å²) in [6, 6.07) is 2.23. The first-order valence-corrected chi connectivity index (χ1v) is 34.1. The van der Waals surface area contributed by atoms with Gasteiger partial charge in [0.05, 0.1) is 13.0 Å². The first-order valence-electron chi connectivity index (χ1n) is 34.1. The Labute approximate surface area is 569 Å². The van der Waals surface area contributed by atoms with E-state index in [1.807, 2.05) is 48.5 Å². The summed E-state index contributed by atoms with van der Waals surface area (Å²) in [6.45, 7) is 21.3. The Bertz CT molecular complexity index is 3010. The van der Waals surface area contributed by atoms with Gasteiger partial charge in [0.25, 0.3) is 0 Å². The monoisotopic (exact) mass is 1340 g/mol. The van der Waals surface area contributed by atoms with E-state index in [-0.39, 0.29) is 55.6 Å². The van der Waals surface area contributed by atoms with Gasteiger partial charge >= 0.3 is 0 Å². The van der Waals surface area contributed by atoms with Crippen molar-refractivity contribution >= 4 is 70.9 Å². The molecule has 2 fully saturated rings. The SMILES string of the molecule is CC[C@H](C)[C@H]1C(=O)N[C@@H](Cc2ccc(O)cc2)C(=O)N(C)CC(=O)N(C)[C@@H](CC(C)C)C(=O)N[C@H](C(=O)N2CCCCC2)CC(=O)N(C)[C@@H](C)C(=O)N[C@@H](C(C)C)C(=O)N(C)[C@@H](CC(C)C)C(=O)N(C)[C@@H](CC(C)C)C(=O)NC(C)C(=O)N(C)[C@@H](Cc2ccccc2)C(=O)N1C. The Morgan fingerprint density at radius 2 is 1.00 bits per heavy atom. The number of hydrogen-bond donors (Lipinski definition) is 5. The summed E-state index contributed by atoms with van der Waals surface area (Å²) in [4.78, 5) is 188. The molecule has 4 rings (SSSR count). The summed E-state index contributed by atoms with van der Waals surface area (Å²) in [5.41, 5.74) is 1.19. The molecule has 0 saturated carbocycles. The van der Waals surface area contributed by atoms with Crippen LogP contribution in [-0.4, -0.2) is 245 Å². The molecule has 25 nitrogen and oxygen atoms in total. The van der Waals surface area contributed by atoms with E-state index in [1.165, 1.54) is 99.8 Å². The summed E-state index contributed by atoms with van der Waals surface area (Å²) in [7, 11) is 9.92. The van der Waals surface area contributed by atoms with Gasteiger partial charge in [-0.1, -0.05) is 118 Å². The van der Waals surface area contributed by atoms with Gasteiger partial charge in [0, 0.05) is 75.3 Å². The molecule has 2 aliphatic heterocycles. The van der Waals surface area contributed by atoms with Crippen molar-refractivity contribution in [2.75, 3.05) is 69.0 Å². The van der Waals surface area contributed by atoms with Crippen LogP contribution in [0.3, 0.4) is 0 Å². The maximum absolute atomic E-state index is 15.4. The van der Waals surface area contributed by atoms with E-state index in [4.69, 9.17) is 0 Å². The van der Waals surface area contributed by atoms with Gasteiger partial charge in [0.2, 0.25) is 70.9 Å². The van der Waals surface area contributed by atoms with Gasteiger partial charge in [-0.3, -0.25) is 57.5 Å². The summed E-state index contributed by atoms with van der Waals surface area (Å²) in [6.07, 6.45) is 2.22. The molecule has 0 bridgehead atoms. The van der Waals surface area contributed by atoms with Crippen molar-refractivity contribution < 1.29 is 62.6 Å². The molecule has 12 amide bonds. The van der Waals surface area contributed by atoms with Gasteiger partial charge in [-0.15, -0.1) is 0 Å². The highest BCUT2D eigenvalue weighted by atomic mass is 16.3. The van der Waals surface area contributed by atoms with Crippen LogP contribution in [0.5, 0.6) is 5.75 Å². The lowest BCUT2D eigenvalue weighted by Crippen LogP contribution is -2.62. The number of nitrogens with zero attached hydrogens (tertiary/aromatic N) is 8. The van der Waals surface area contributed by atoms with E-state index in [9.17, 15) is 48.3 Å². The average molecular weight is 1340 g/mol. The number of carbonyl (C=O) groups is 12. The van der Waals surface area contributed by atoms with Crippen LogP contribution in [0.15, 0.2) is 54.6 Å². The average Bonchev–Trinajstić information content (AvgIpc) is 0.842. The number of rotatable bonds is 14. The second-order valence-electron chi connectivity index (χ2n) is 28.2. The Balaban J connectivity index is 1.93. The second-order valence-corrected chi connectivity index (χ2v) is 28.2. The standard InChI is InChI=1S/C71H112N12O13/c1-20-46(10)61-65(90)74-52(38-50-29-31-51(84)32-30-50)67(92)76(13)41-59(86)78(15)54(35-42(2)3)64(89)73-53(68(93)83-33-25-22-26-34-83)40-58(85)77(14)48(12)62(87)75-60(45(8)9)71(96)81(18)56(37-44(6)7)69(94)79(16)55(36-43(4)5)63(88)72-47(11)66(91)80(17)57(70(95)82(61)19)39-49-27-23-21-24-28-49/h21,23-24,27-32,42-48,52-57,60-61,84H,20,22,25-26,33-41H2,1-19H3,(H,72,88)(H,73,89)(H,74,90)(H,75,87)/t46-,47?,48-,52-,53-,54-,55-,56-,57-,60-,61-/m0/s1. The first-order chi connectivity index (χ1) is 44.9. The number of phenolic OH excluding ortho intramolecular Hbond substituents is 1. The minimum Gasteiger partial charge on any atom is -0.508 e. The van der Waals surface area contributed by atoms with Crippen LogP contribution < -0.4 is 21.3 Å². The molecule has 2 saturated heterocycles. The number of aromatic hydroxyl groups is 1. The Morgan fingerprint density at radius 3 is 1.54 bits per heavy atom. The molecular formula is C71H112N12O13. The summed E-state index contributed by atoms with van der Waals surface area (Å²) in [5.74, 6) is -9.79. The lowest BCUT2D eigenvalue weighted by atomic mass is 9.94. The van der Waals surface area contributed by atoms with E-state index < -0.39 is 156 Å². The zero-order chi connectivity index (χ0) is 72.3. The van der Waals surface area contributed by atoms with Crippen molar-refractivity contribution in [1.29, 1.82) is 0 Å². The Kier molecular flexibility index (Phi) is 30.8. The maximum Gasteiger partial charge on any atom is 0.246 e. The van der Waals surface area contributed by atoms with Crippen LogP contribution in [0.4, 0.5) is 0 Å². The molecule has 25 heteroatoms. The minimum atomic E-state index is -1.45. The number of benzene rings is 2. The van der Waals surface area contributed by atoms with Gasteiger partial charge in [0.1, 0.15) is 66.2 Å². The number of piperidine rings is 1. The Morgan fingerprint density at radius 1 is 0.500 bits per heavy atom. The molecule has 0 radical (unpaired) electrons. The van der Waals surface area contributed by atoms with Crippen molar-refractivity contribution in [1.82, 2.24) is 60.5 Å². The molecule has 2 aromatic rings. The molecule has 2 aromatic carbocycles. The number of likely N-dealkylation sites (N-methyl/N-ethyl adjacent to an activating group) is 7. The smallest absolute Gasteiger partial charge is 0.246 e. The van der Waals surface area contributed by atoms with Crippen molar-refractivity contribution in [2.24, 2.45) is 29.6 Å². The molecule has 0 aliphatic carbocycles. The van der Waals surface area contributed by atoms with Crippen molar-refractivity contribution in [3.05, 3.63) is 65.7 Å². The Hall–Kier alpha value is -8.12. The summed E-state index contributed by atoms with van der Waals surface area (Å²) < 4.78 is 0. The quantitative estimate of drug-likeness (QED) is 0.180. The topological polar surface area (TPSA) is 299 Å². The number of likely N-dealkylation sites (tertiary alicyclic amines) is 1. The fraction of sp³-hybridized carbons (Fsp3) is 0.662. The van der Waals surface area contributed by atoms with Crippen LogP contribution in [0.25, 0.3) is 0 Å². The third-order valence-corrected chi connectivity index (χ3v) is 18.8. The number of hydrogen-bond acceptors (Lipinski definition) is 13. The predicted molar refractivity (Wildman–Crippen MR) is 366 cm³/mol. The molecule has 0 aromatic heterocycles. The van der Waals surface area contributed by atoms with Crippen LogP contribution >= 0.6 is 0 Å². The normalized spacial score (nSPS) is 25.6. The molecule has 5 N–H and O–H groups in total. The molecular weight excluding hydrogens is 1230 g/mol. The maximum atomic E-state index is 15.4. The molecule has 11 atom stereocenters. The lowest BCUT2D eigenvalue weighted by molar-refractivity contribution is -0.152. The largest absolute Gasteiger partial charge is 0.508 e. The zero-order valence-corrected chi connectivity index (χ0v) is 60.5. The highest BCUT2D eigenvalue weighted by Gasteiger charge is 2.44. The van der Waals surface area contributed by atoms with Gasteiger partial charge in [0.15, 0.2) is 0 Å². The summed E-state index contributed by atoms with van der Waals surface area (Å²) >= 11 is 0. The highest BCUT2D eigenvalue weighted by Crippen LogP contribution is 2.25. The first kappa shape index (κ1) is 80.3. The lowest BCUT2D eigenvalue weighted by Gasteiger charge is -2.39. The van der Waals surface area contributed by atoms with E-state index in [0.717, 1.165) is 16.2 Å². The third kappa shape index (κ3) is 22.0. The van der Waals surface area contributed by atoms with Crippen LogP contribution in [-0.2, 0) is 70.4 Å². The second kappa shape index (κ2) is 36.8. The third-order valence-electron chi connectivity index (χ3n) is 18.8. The zero-order valence-electron chi connectivity index (χ0n) is 60.5. The van der Waals surface area contributed by atoms with E-state index >= 15 is 14.4 Å². The van der Waals surface area contributed by atoms with Gasteiger partial charge in [-0.25, -0.2) is 0 Å². The van der Waals surface area contributed by atoms with Gasteiger partial charge < -0.3 is 65.6 Å². The van der Waals surface area contributed by atoms with E-state index in [2.05, 4.69) is 21.3 Å². The molecule has 2 heterocycles. The molecule has 0 spiro atoms. The molecule has 1 unspecified atom stereocenters. The highest BCUT2D eigenvalue weighted by molar-refractivity contribution is 6.00. The summed E-state index contributed by atoms with van der Waals surface area (Å²) in [5, 5.41) is 21.6. The molecule has 534 valence electrons. The number of phenols is 1. The van der Waals surface area contributed by atoms with E-state index in [0.29, 0.717) is 43.5 Å². The van der Waals surface area contributed by atoms with Crippen LogP contribution in [0.1, 0.15) is 146 Å². The fourth-order valence-corrected chi connectivity index (χ4v) is 12.3. The fourth-order valence-electron chi connectivity index (χ4n) is 12.3. The number of amides is 12. The van der Waals surface area contributed by atoms with Crippen molar-refractivity contribution in [3.63, 3.8) is 0 Å². The van der Waals surface area contributed by atoms with E-state index in [1.54, 1.807) is 68.1 Å². The minimum absolute atomic E-state index is 0.0260. The van der Waals surface area contributed by atoms with Crippen LogP contribution in [0.2, 0.25) is 0 Å². The molecule has 96 heavy (non-hydrogen) atoms. The number of nitrogens with one attached hydrogen (secondary N) is 4. The van der Waals surface area contributed by atoms with Crippen molar-refractivity contribution in [2.45, 2.75) is 208 Å². The molecule has 2 aliphatic rings. The van der Waals surface area contributed by atoms with Gasteiger partial charge in [-0.05, 0) is 105 Å². The van der Waals surface area contributed by atoms with Gasteiger partial charge in [-0.2, -0.15) is 0 Å².